The van der Waals surface area contributed by atoms with Crippen LogP contribution < -0.4 is 0 Å². The minimum Gasteiger partial charge on any atom is -0.389 e. The van der Waals surface area contributed by atoms with Gasteiger partial charge in [-0.2, -0.15) is 0 Å². The average molecular weight is 138 g/mol. The lowest BCUT2D eigenvalue weighted by molar-refractivity contribution is 0.214. The average Bonchev–Trinajstić information content (AvgIpc) is 1.97. The van der Waals surface area contributed by atoms with Crippen LogP contribution in [0.25, 0.3) is 0 Å². The molecule has 1 nitrogen and oxygen atoms in total. The fourth-order valence-electron chi connectivity index (χ4n) is 0.592. The third-order valence-electron chi connectivity index (χ3n) is 1.14. The van der Waals surface area contributed by atoms with Crippen molar-refractivity contribution in [3.63, 3.8) is 0 Å². The molecule has 0 aliphatic carbocycles. The van der Waals surface area contributed by atoms with Crippen molar-refractivity contribution in [3.05, 3.63) is 37.5 Å². The Kier molecular flexibility index (Phi) is 5.79. The van der Waals surface area contributed by atoms with Crippen molar-refractivity contribution in [2.45, 2.75) is 18.9 Å². The molecule has 0 heterocycles. The zero-order valence-corrected chi connectivity index (χ0v) is 6.16. The Hall–Kier alpha value is -0.820. The molecule has 1 unspecified atom stereocenters. The first-order valence-corrected chi connectivity index (χ1v) is 3.39. The molecule has 56 valence electrons. The molecular weight excluding hydrogens is 124 g/mol. The van der Waals surface area contributed by atoms with Gasteiger partial charge in [0.05, 0.1) is 6.10 Å². The van der Waals surface area contributed by atoms with Crippen molar-refractivity contribution in [1.82, 2.24) is 0 Å². The molecular formula is C9H14O. The van der Waals surface area contributed by atoms with Crippen molar-refractivity contribution in [3.8, 4) is 0 Å². The number of aliphatic hydroxyl groups excluding tert-OH is 1. The highest BCUT2D eigenvalue weighted by Crippen LogP contribution is 1.98. The molecule has 0 aromatic carbocycles. The monoisotopic (exact) mass is 138 g/mol. The summed E-state index contributed by atoms with van der Waals surface area (Å²) in [5, 5.41) is 9.13. The largest absolute Gasteiger partial charge is 0.389 e. The fraction of sp³-hybridized carbons (Fsp3) is 0.333. The van der Waals surface area contributed by atoms with Gasteiger partial charge in [0.15, 0.2) is 0 Å². The molecule has 0 aliphatic heterocycles. The Balaban J connectivity index is 3.41. The van der Waals surface area contributed by atoms with E-state index in [2.05, 4.69) is 13.2 Å². The van der Waals surface area contributed by atoms with Gasteiger partial charge < -0.3 is 5.11 Å². The van der Waals surface area contributed by atoms with Gasteiger partial charge in [-0.3, -0.25) is 0 Å². The van der Waals surface area contributed by atoms with Crippen LogP contribution in [0.1, 0.15) is 12.8 Å². The van der Waals surface area contributed by atoms with Crippen LogP contribution in [0, 0.1) is 0 Å². The van der Waals surface area contributed by atoms with E-state index in [0.717, 1.165) is 12.8 Å². The minimum atomic E-state index is -0.351. The Labute approximate surface area is 62.4 Å². The molecule has 0 aromatic heterocycles. The lowest BCUT2D eigenvalue weighted by Gasteiger charge is -2.00. The number of allylic oxidation sites excluding steroid dienone is 3. The summed E-state index contributed by atoms with van der Waals surface area (Å²) in [6.07, 6.45) is 8.15. The van der Waals surface area contributed by atoms with E-state index in [1.165, 1.54) is 0 Å². The number of rotatable bonds is 5. The predicted octanol–water partition coefficient (Wildman–Crippen LogP) is 2.06. The SMILES string of the molecule is C=CC=CC(O)CCC=C. The van der Waals surface area contributed by atoms with Crippen molar-refractivity contribution in [1.29, 1.82) is 0 Å². The second-order valence-electron chi connectivity index (χ2n) is 2.05. The Bertz CT molecular complexity index is 125. The van der Waals surface area contributed by atoms with Crippen LogP contribution >= 0.6 is 0 Å². The first-order chi connectivity index (χ1) is 4.81. The summed E-state index contributed by atoms with van der Waals surface area (Å²) >= 11 is 0. The van der Waals surface area contributed by atoms with Gasteiger partial charge in [-0.1, -0.05) is 30.9 Å². The molecule has 0 aliphatic rings. The molecule has 0 saturated heterocycles. The quantitative estimate of drug-likeness (QED) is 0.455. The molecule has 0 radical (unpaired) electrons. The zero-order chi connectivity index (χ0) is 7.82. The van der Waals surface area contributed by atoms with Crippen LogP contribution in [0.15, 0.2) is 37.5 Å². The smallest absolute Gasteiger partial charge is 0.0726 e. The van der Waals surface area contributed by atoms with Crippen LogP contribution in [0.5, 0.6) is 0 Å². The molecule has 0 aromatic rings. The molecule has 0 saturated carbocycles. The first-order valence-electron chi connectivity index (χ1n) is 3.39. The lowest BCUT2D eigenvalue weighted by atomic mass is 10.2. The van der Waals surface area contributed by atoms with Gasteiger partial charge in [0, 0.05) is 0 Å². The summed E-state index contributed by atoms with van der Waals surface area (Å²) < 4.78 is 0. The predicted molar refractivity (Wildman–Crippen MR) is 44.8 cm³/mol. The highest BCUT2D eigenvalue weighted by molar-refractivity contribution is 5.00. The van der Waals surface area contributed by atoms with Crippen molar-refractivity contribution < 1.29 is 5.11 Å². The van der Waals surface area contributed by atoms with Crippen molar-refractivity contribution in [2.75, 3.05) is 0 Å². The fourth-order valence-corrected chi connectivity index (χ4v) is 0.592. The first kappa shape index (κ1) is 9.18. The van der Waals surface area contributed by atoms with E-state index in [4.69, 9.17) is 5.11 Å². The summed E-state index contributed by atoms with van der Waals surface area (Å²) in [6.45, 7) is 7.05. The van der Waals surface area contributed by atoms with Gasteiger partial charge in [0.2, 0.25) is 0 Å². The van der Waals surface area contributed by atoms with Gasteiger partial charge in [0.1, 0.15) is 0 Å². The van der Waals surface area contributed by atoms with Crippen molar-refractivity contribution >= 4 is 0 Å². The maximum atomic E-state index is 9.13. The molecule has 0 spiro atoms. The second-order valence-corrected chi connectivity index (χ2v) is 2.05. The van der Waals surface area contributed by atoms with Crippen LogP contribution in [-0.4, -0.2) is 11.2 Å². The van der Waals surface area contributed by atoms with E-state index in [-0.39, 0.29) is 6.10 Å². The normalized spacial score (nSPS) is 13.3. The summed E-state index contributed by atoms with van der Waals surface area (Å²) in [7, 11) is 0. The molecule has 1 atom stereocenters. The van der Waals surface area contributed by atoms with Crippen LogP contribution in [-0.2, 0) is 0 Å². The van der Waals surface area contributed by atoms with E-state index in [1.807, 2.05) is 0 Å². The Morgan fingerprint density at radius 1 is 1.40 bits per heavy atom. The summed E-state index contributed by atoms with van der Waals surface area (Å²) in [6, 6.07) is 0. The second kappa shape index (κ2) is 6.30. The summed E-state index contributed by atoms with van der Waals surface area (Å²) in [5.74, 6) is 0. The number of hydrogen-bond donors (Lipinski definition) is 1. The van der Waals surface area contributed by atoms with Gasteiger partial charge in [0.25, 0.3) is 0 Å². The summed E-state index contributed by atoms with van der Waals surface area (Å²) in [5.41, 5.74) is 0. The molecule has 0 rings (SSSR count). The maximum absolute atomic E-state index is 9.13. The number of hydrogen-bond acceptors (Lipinski definition) is 1. The number of aliphatic hydroxyl groups is 1. The highest BCUT2D eigenvalue weighted by Gasteiger charge is 1.93. The minimum absolute atomic E-state index is 0.351. The van der Waals surface area contributed by atoms with E-state index in [9.17, 15) is 0 Å². The van der Waals surface area contributed by atoms with Crippen molar-refractivity contribution in [2.24, 2.45) is 0 Å². The van der Waals surface area contributed by atoms with Gasteiger partial charge in [-0.05, 0) is 12.8 Å². The van der Waals surface area contributed by atoms with E-state index in [0.29, 0.717) is 0 Å². The third kappa shape index (κ3) is 5.32. The Morgan fingerprint density at radius 2 is 2.10 bits per heavy atom. The maximum Gasteiger partial charge on any atom is 0.0726 e. The molecule has 10 heavy (non-hydrogen) atoms. The highest BCUT2D eigenvalue weighted by atomic mass is 16.3. The summed E-state index contributed by atoms with van der Waals surface area (Å²) in [4.78, 5) is 0. The molecule has 1 heteroatoms. The van der Waals surface area contributed by atoms with Crippen LogP contribution in [0.2, 0.25) is 0 Å². The van der Waals surface area contributed by atoms with E-state index < -0.39 is 0 Å². The molecule has 1 N–H and O–H groups in total. The van der Waals surface area contributed by atoms with Gasteiger partial charge in [-0.25, -0.2) is 0 Å². The standard InChI is InChI=1S/C9H14O/c1-3-5-7-9(10)8-6-4-2/h3-5,7,9-10H,1-2,6,8H2. The molecule has 0 bridgehead atoms. The van der Waals surface area contributed by atoms with Crippen LogP contribution in [0.4, 0.5) is 0 Å². The Morgan fingerprint density at radius 3 is 2.60 bits per heavy atom. The van der Waals surface area contributed by atoms with E-state index >= 15 is 0 Å². The van der Waals surface area contributed by atoms with Gasteiger partial charge >= 0.3 is 0 Å². The topological polar surface area (TPSA) is 20.2 Å². The van der Waals surface area contributed by atoms with Gasteiger partial charge in [-0.15, -0.1) is 6.58 Å². The van der Waals surface area contributed by atoms with E-state index in [1.54, 1.807) is 24.3 Å². The lowest BCUT2D eigenvalue weighted by Crippen LogP contribution is -1.99. The zero-order valence-electron chi connectivity index (χ0n) is 6.16. The van der Waals surface area contributed by atoms with Crippen LogP contribution in [0.3, 0.4) is 0 Å². The molecule has 0 amide bonds. The third-order valence-corrected chi connectivity index (χ3v) is 1.14. The molecule has 0 fully saturated rings.